The molecule has 0 aliphatic rings. The number of carbonyl (C=O) groups is 3. The number of aryl methyl sites for hydroxylation is 1. The Labute approximate surface area is 164 Å². The van der Waals surface area contributed by atoms with Gasteiger partial charge in [-0.25, -0.2) is 4.79 Å². The van der Waals surface area contributed by atoms with Crippen molar-refractivity contribution in [2.24, 2.45) is 0 Å². The minimum atomic E-state index is -0.425. The average molecular weight is 384 g/mol. The first-order valence-electron chi connectivity index (χ1n) is 8.93. The van der Waals surface area contributed by atoms with Crippen molar-refractivity contribution in [3.63, 3.8) is 0 Å². The number of ether oxygens (including phenoxy) is 2. The maximum atomic E-state index is 12.0. The number of hydrogen-bond acceptors (Lipinski definition) is 5. The van der Waals surface area contributed by atoms with Crippen molar-refractivity contribution in [2.45, 2.75) is 20.8 Å². The van der Waals surface area contributed by atoms with E-state index >= 15 is 0 Å². The Hall–Kier alpha value is -3.35. The molecule has 2 rings (SSSR count). The van der Waals surface area contributed by atoms with Crippen LogP contribution in [0.3, 0.4) is 0 Å². The molecule has 2 aromatic carbocycles. The molecular formula is C21H24N2O5. The van der Waals surface area contributed by atoms with Gasteiger partial charge in [-0.2, -0.15) is 0 Å². The Balaban J connectivity index is 1.75. The summed E-state index contributed by atoms with van der Waals surface area (Å²) < 4.78 is 10.2. The number of benzene rings is 2. The van der Waals surface area contributed by atoms with Crippen molar-refractivity contribution >= 4 is 23.5 Å². The van der Waals surface area contributed by atoms with Gasteiger partial charge in [0.15, 0.2) is 6.61 Å². The summed E-state index contributed by atoms with van der Waals surface area (Å²) in [7, 11) is 0. The Morgan fingerprint density at radius 3 is 2.36 bits per heavy atom. The molecule has 0 aliphatic heterocycles. The molecule has 0 aliphatic carbocycles. The summed E-state index contributed by atoms with van der Waals surface area (Å²) in [6, 6.07) is 11.9. The third-order valence-electron chi connectivity index (χ3n) is 4.06. The van der Waals surface area contributed by atoms with Gasteiger partial charge in [0.05, 0.1) is 18.7 Å². The van der Waals surface area contributed by atoms with Gasteiger partial charge >= 0.3 is 5.97 Å². The smallest absolute Gasteiger partial charge is 0.338 e. The maximum Gasteiger partial charge on any atom is 0.338 e. The molecule has 0 fully saturated rings. The van der Waals surface area contributed by atoms with E-state index in [4.69, 9.17) is 9.47 Å². The minimum Gasteiger partial charge on any atom is -0.484 e. The van der Waals surface area contributed by atoms with Crippen molar-refractivity contribution in [1.82, 2.24) is 5.32 Å². The highest BCUT2D eigenvalue weighted by Crippen LogP contribution is 2.17. The highest BCUT2D eigenvalue weighted by molar-refractivity contribution is 5.95. The number of nitrogens with one attached hydrogen (secondary N) is 2. The summed E-state index contributed by atoms with van der Waals surface area (Å²) in [5.41, 5.74) is 3.18. The monoisotopic (exact) mass is 384 g/mol. The van der Waals surface area contributed by atoms with Gasteiger partial charge < -0.3 is 20.1 Å². The van der Waals surface area contributed by atoms with E-state index in [1.54, 1.807) is 31.2 Å². The zero-order chi connectivity index (χ0) is 20.5. The fraction of sp³-hybridized carbons (Fsp3) is 0.286. The van der Waals surface area contributed by atoms with Crippen molar-refractivity contribution < 1.29 is 23.9 Å². The Morgan fingerprint density at radius 1 is 0.964 bits per heavy atom. The molecule has 0 bridgehead atoms. The first-order chi connectivity index (χ1) is 13.4. The van der Waals surface area contributed by atoms with Gasteiger partial charge in [-0.05, 0) is 62.2 Å². The van der Waals surface area contributed by atoms with E-state index in [1.807, 2.05) is 32.0 Å². The fourth-order valence-corrected chi connectivity index (χ4v) is 2.36. The number of hydrogen-bond donors (Lipinski definition) is 2. The predicted molar refractivity (Wildman–Crippen MR) is 105 cm³/mol. The predicted octanol–water partition coefficient (Wildman–Crippen LogP) is 2.61. The standard InChI is InChI=1S/C21H24N2O5/c1-4-27-21(26)16-8-10-17(11-9-16)28-13-20(25)22-12-19(24)23-18-7-5-6-14(2)15(18)3/h5-11H,4,12-13H2,1-3H3,(H,22,25)(H,23,24). The lowest BCUT2D eigenvalue weighted by molar-refractivity contribution is -0.125. The van der Waals surface area contributed by atoms with Gasteiger partial charge in [0, 0.05) is 5.69 Å². The van der Waals surface area contributed by atoms with Crippen LogP contribution in [0.1, 0.15) is 28.4 Å². The number of amides is 2. The summed E-state index contributed by atoms with van der Waals surface area (Å²) in [6.45, 7) is 5.52. The minimum absolute atomic E-state index is 0.155. The lowest BCUT2D eigenvalue weighted by Gasteiger charge is -2.11. The zero-order valence-corrected chi connectivity index (χ0v) is 16.2. The van der Waals surface area contributed by atoms with E-state index in [2.05, 4.69) is 10.6 Å². The highest BCUT2D eigenvalue weighted by Gasteiger charge is 2.10. The van der Waals surface area contributed by atoms with E-state index < -0.39 is 11.9 Å². The SMILES string of the molecule is CCOC(=O)c1ccc(OCC(=O)NCC(=O)Nc2cccc(C)c2C)cc1. The Morgan fingerprint density at radius 2 is 1.68 bits per heavy atom. The molecule has 2 aromatic rings. The lowest BCUT2D eigenvalue weighted by atomic mass is 10.1. The van der Waals surface area contributed by atoms with Gasteiger partial charge in [-0.1, -0.05) is 12.1 Å². The van der Waals surface area contributed by atoms with Crippen LogP contribution in [-0.2, 0) is 14.3 Å². The Kier molecular flexibility index (Phi) is 7.56. The van der Waals surface area contributed by atoms with Gasteiger partial charge in [0.1, 0.15) is 5.75 Å². The molecule has 7 nitrogen and oxygen atoms in total. The van der Waals surface area contributed by atoms with Crippen LogP contribution in [0, 0.1) is 13.8 Å². The number of rotatable bonds is 8. The molecule has 28 heavy (non-hydrogen) atoms. The second-order valence-corrected chi connectivity index (χ2v) is 6.11. The van der Waals surface area contributed by atoms with E-state index in [9.17, 15) is 14.4 Å². The van der Waals surface area contributed by atoms with Crippen LogP contribution in [0.4, 0.5) is 5.69 Å². The normalized spacial score (nSPS) is 10.1. The van der Waals surface area contributed by atoms with Crippen LogP contribution in [0.5, 0.6) is 5.75 Å². The lowest BCUT2D eigenvalue weighted by Crippen LogP contribution is -2.35. The molecule has 0 atom stereocenters. The summed E-state index contributed by atoms with van der Waals surface area (Å²) in [5, 5.41) is 5.27. The van der Waals surface area contributed by atoms with Gasteiger partial charge in [0.2, 0.25) is 5.91 Å². The molecule has 0 radical (unpaired) electrons. The van der Waals surface area contributed by atoms with E-state index in [1.165, 1.54) is 0 Å². The topological polar surface area (TPSA) is 93.7 Å². The molecule has 0 saturated carbocycles. The van der Waals surface area contributed by atoms with Gasteiger partial charge in [0.25, 0.3) is 5.91 Å². The second-order valence-electron chi connectivity index (χ2n) is 6.11. The van der Waals surface area contributed by atoms with Crippen LogP contribution in [0.25, 0.3) is 0 Å². The number of anilines is 1. The van der Waals surface area contributed by atoms with E-state index in [-0.39, 0.29) is 19.1 Å². The summed E-state index contributed by atoms with van der Waals surface area (Å²) in [5.74, 6) is -0.726. The molecule has 0 heterocycles. The Bertz CT molecular complexity index is 846. The molecule has 0 aromatic heterocycles. The zero-order valence-electron chi connectivity index (χ0n) is 16.2. The number of esters is 1. The summed E-state index contributed by atoms with van der Waals surface area (Å²) in [6.07, 6.45) is 0. The maximum absolute atomic E-state index is 12.0. The largest absolute Gasteiger partial charge is 0.484 e. The van der Waals surface area contributed by atoms with E-state index in [0.29, 0.717) is 17.9 Å². The fourth-order valence-electron chi connectivity index (χ4n) is 2.36. The quantitative estimate of drug-likeness (QED) is 0.683. The molecule has 0 spiro atoms. The summed E-state index contributed by atoms with van der Waals surface area (Å²) >= 11 is 0. The van der Waals surface area contributed by atoms with Gasteiger partial charge in [-0.15, -0.1) is 0 Å². The highest BCUT2D eigenvalue weighted by atomic mass is 16.5. The van der Waals surface area contributed by atoms with Crippen LogP contribution in [-0.4, -0.2) is 37.5 Å². The number of carbonyl (C=O) groups excluding carboxylic acids is 3. The molecule has 0 unspecified atom stereocenters. The second kappa shape index (κ2) is 10.1. The average Bonchev–Trinajstić information content (AvgIpc) is 2.69. The first kappa shape index (κ1) is 21.0. The third-order valence-corrected chi connectivity index (χ3v) is 4.06. The van der Waals surface area contributed by atoms with Crippen molar-refractivity contribution in [1.29, 1.82) is 0 Å². The van der Waals surface area contributed by atoms with Gasteiger partial charge in [-0.3, -0.25) is 9.59 Å². The molecule has 2 N–H and O–H groups in total. The van der Waals surface area contributed by atoms with Crippen molar-refractivity contribution in [3.05, 3.63) is 59.2 Å². The van der Waals surface area contributed by atoms with Crippen LogP contribution in [0.15, 0.2) is 42.5 Å². The first-order valence-corrected chi connectivity index (χ1v) is 8.93. The molecule has 2 amide bonds. The molecule has 7 heteroatoms. The molecule has 148 valence electrons. The molecular weight excluding hydrogens is 360 g/mol. The van der Waals surface area contributed by atoms with Crippen LogP contribution >= 0.6 is 0 Å². The van der Waals surface area contributed by atoms with Crippen LogP contribution in [0.2, 0.25) is 0 Å². The van der Waals surface area contributed by atoms with Crippen molar-refractivity contribution in [2.75, 3.05) is 25.1 Å². The molecule has 0 saturated heterocycles. The summed E-state index contributed by atoms with van der Waals surface area (Å²) in [4.78, 5) is 35.4. The van der Waals surface area contributed by atoms with Crippen LogP contribution < -0.4 is 15.4 Å². The van der Waals surface area contributed by atoms with Crippen molar-refractivity contribution in [3.8, 4) is 5.75 Å². The van der Waals surface area contributed by atoms with E-state index in [0.717, 1.165) is 16.8 Å². The third kappa shape index (κ3) is 6.12.